The fourth-order valence-electron chi connectivity index (χ4n) is 2.54. The van der Waals surface area contributed by atoms with Crippen LogP contribution in [0, 0.1) is 20.2 Å². The summed E-state index contributed by atoms with van der Waals surface area (Å²) in [6.45, 7) is 0. The number of anilines is 3. The molecule has 0 atom stereocenters. The largest absolute Gasteiger partial charge is 0.304 e. The molecule has 0 aromatic heterocycles. The standard InChI is InChI=1S/C18H13N3O4/c22-20(23)16-12-10-15(11-13-16)19(14-6-2-1-3-7-14)17-8-4-5-9-18(17)21(24)25/h1-13H. The van der Waals surface area contributed by atoms with Crippen molar-refractivity contribution in [2.45, 2.75) is 0 Å². The maximum atomic E-state index is 11.4. The summed E-state index contributed by atoms with van der Waals surface area (Å²) in [6, 6.07) is 21.4. The van der Waals surface area contributed by atoms with Gasteiger partial charge in [0.1, 0.15) is 5.69 Å². The third-order valence-electron chi connectivity index (χ3n) is 3.65. The molecule has 25 heavy (non-hydrogen) atoms. The maximum Gasteiger partial charge on any atom is 0.293 e. The number of hydrogen-bond acceptors (Lipinski definition) is 5. The van der Waals surface area contributed by atoms with Crippen LogP contribution in [0.5, 0.6) is 0 Å². The first-order valence-electron chi connectivity index (χ1n) is 7.41. The van der Waals surface area contributed by atoms with Crippen LogP contribution in [0.2, 0.25) is 0 Å². The van der Waals surface area contributed by atoms with Gasteiger partial charge in [0.2, 0.25) is 0 Å². The van der Waals surface area contributed by atoms with Gasteiger partial charge < -0.3 is 4.90 Å². The lowest BCUT2D eigenvalue weighted by Gasteiger charge is -2.24. The highest BCUT2D eigenvalue weighted by atomic mass is 16.6. The van der Waals surface area contributed by atoms with Crippen LogP contribution in [0.3, 0.4) is 0 Å². The number of nitro groups is 2. The molecule has 3 aromatic rings. The molecule has 0 saturated carbocycles. The van der Waals surface area contributed by atoms with Crippen LogP contribution in [-0.4, -0.2) is 9.85 Å². The molecule has 0 fully saturated rings. The molecule has 0 aliphatic heterocycles. The predicted octanol–water partition coefficient (Wildman–Crippen LogP) is 4.97. The summed E-state index contributed by atoms with van der Waals surface area (Å²) in [4.78, 5) is 23.1. The first-order valence-corrected chi connectivity index (χ1v) is 7.41. The van der Waals surface area contributed by atoms with Crippen molar-refractivity contribution in [3.63, 3.8) is 0 Å². The molecular formula is C18H13N3O4. The fraction of sp³-hybridized carbons (Fsp3) is 0. The Balaban J connectivity index is 2.18. The lowest BCUT2D eigenvalue weighted by Crippen LogP contribution is -2.11. The van der Waals surface area contributed by atoms with Crippen LogP contribution in [0.15, 0.2) is 78.9 Å². The van der Waals surface area contributed by atoms with Gasteiger partial charge in [0.05, 0.1) is 9.85 Å². The van der Waals surface area contributed by atoms with Crippen molar-refractivity contribution in [3.8, 4) is 0 Å². The predicted molar refractivity (Wildman–Crippen MR) is 94.4 cm³/mol. The highest BCUT2D eigenvalue weighted by Gasteiger charge is 2.22. The van der Waals surface area contributed by atoms with Crippen molar-refractivity contribution in [2.24, 2.45) is 0 Å². The quantitative estimate of drug-likeness (QED) is 0.485. The molecule has 0 heterocycles. The van der Waals surface area contributed by atoms with Gasteiger partial charge in [-0.1, -0.05) is 30.3 Å². The Hall–Kier alpha value is -3.74. The van der Waals surface area contributed by atoms with E-state index in [1.807, 2.05) is 30.3 Å². The van der Waals surface area contributed by atoms with E-state index in [4.69, 9.17) is 0 Å². The topological polar surface area (TPSA) is 89.5 Å². The molecule has 7 nitrogen and oxygen atoms in total. The molecule has 3 aromatic carbocycles. The summed E-state index contributed by atoms with van der Waals surface area (Å²) in [5, 5.41) is 22.3. The Morgan fingerprint density at radius 2 is 1.20 bits per heavy atom. The highest BCUT2D eigenvalue weighted by molar-refractivity contribution is 5.82. The van der Waals surface area contributed by atoms with Crippen molar-refractivity contribution in [1.29, 1.82) is 0 Å². The van der Waals surface area contributed by atoms with Crippen LogP contribution < -0.4 is 4.90 Å². The number of rotatable bonds is 5. The van der Waals surface area contributed by atoms with Gasteiger partial charge in [-0.25, -0.2) is 0 Å². The molecule has 0 aliphatic rings. The summed E-state index contributed by atoms with van der Waals surface area (Å²) in [6.07, 6.45) is 0. The van der Waals surface area contributed by atoms with E-state index in [0.717, 1.165) is 0 Å². The van der Waals surface area contributed by atoms with Gasteiger partial charge in [0, 0.05) is 29.6 Å². The zero-order chi connectivity index (χ0) is 17.8. The summed E-state index contributed by atoms with van der Waals surface area (Å²) in [5.74, 6) is 0. The maximum absolute atomic E-state index is 11.4. The second-order valence-electron chi connectivity index (χ2n) is 5.19. The van der Waals surface area contributed by atoms with E-state index in [2.05, 4.69) is 0 Å². The average molecular weight is 335 g/mol. The van der Waals surface area contributed by atoms with Crippen LogP contribution in [0.25, 0.3) is 0 Å². The molecule has 124 valence electrons. The molecule has 0 N–H and O–H groups in total. The molecular weight excluding hydrogens is 322 g/mol. The first kappa shape index (κ1) is 16.1. The SMILES string of the molecule is O=[N+]([O-])c1ccc(N(c2ccccc2)c2ccccc2[N+](=O)[O-])cc1. The van der Waals surface area contributed by atoms with E-state index in [-0.39, 0.29) is 11.4 Å². The van der Waals surface area contributed by atoms with E-state index in [9.17, 15) is 20.2 Å². The molecule has 0 amide bonds. The Morgan fingerprint density at radius 1 is 0.640 bits per heavy atom. The minimum atomic E-state index is -0.485. The Labute approximate surface area is 143 Å². The van der Waals surface area contributed by atoms with Crippen LogP contribution >= 0.6 is 0 Å². The summed E-state index contributed by atoms with van der Waals surface area (Å²) >= 11 is 0. The molecule has 0 bridgehead atoms. The minimum Gasteiger partial charge on any atom is -0.304 e. The molecule has 0 radical (unpaired) electrons. The van der Waals surface area contributed by atoms with Crippen molar-refractivity contribution in [2.75, 3.05) is 4.90 Å². The van der Waals surface area contributed by atoms with Crippen LogP contribution in [0.1, 0.15) is 0 Å². The molecule has 0 unspecified atom stereocenters. The van der Waals surface area contributed by atoms with Crippen LogP contribution in [0.4, 0.5) is 28.4 Å². The van der Waals surface area contributed by atoms with E-state index >= 15 is 0 Å². The number of benzene rings is 3. The molecule has 0 spiro atoms. The van der Waals surface area contributed by atoms with Crippen molar-refractivity contribution in [3.05, 3.63) is 99.1 Å². The normalized spacial score (nSPS) is 10.2. The van der Waals surface area contributed by atoms with Crippen LogP contribution in [-0.2, 0) is 0 Å². The lowest BCUT2D eigenvalue weighted by atomic mass is 10.1. The van der Waals surface area contributed by atoms with Crippen molar-refractivity contribution >= 4 is 28.4 Å². The summed E-state index contributed by atoms with van der Waals surface area (Å²) < 4.78 is 0. The lowest BCUT2D eigenvalue weighted by molar-refractivity contribution is -0.384. The second-order valence-corrected chi connectivity index (χ2v) is 5.19. The van der Waals surface area contributed by atoms with Gasteiger partial charge in [-0.05, 0) is 30.3 Å². The second kappa shape index (κ2) is 6.79. The highest BCUT2D eigenvalue weighted by Crippen LogP contribution is 2.39. The van der Waals surface area contributed by atoms with E-state index in [0.29, 0.717) is 17.1 Å². The molecule has 0 saturated heterocycles. The smallest absolute Gasteiger partial charge is 0.293 e. The molecule has 7 heteroatoms. The minimum absolute atomic E-state index is 0.0423. The summed E-state index contributed by atoms with van der Waals surface area (Å²) in [7, 11) is 0. The van der Waals surface area contributed by atoms with Crippen molar-refractivity contribution in [1.82, 2.24) is 0 Å². The van der Waals surface area contributed by atoms with E-state index < -0.39 is 9.85 Å². The average Bonchev–Trinajstić information content (AvgIpc) is 2.63. The monoisotopic (exact) mass is 335 g/mol. The van der Waals surface area contributed by atoms with E-state index in [1.54, 1.807) is 35.2 Å². The third kappa shape index (κ3) is 3.30. The van der Waals surface area contributed by atoms with Gasteiger partial charge in [-0.15, -0.1) is 0 Å². The Kier molecular flexibility index (Phi) is 4.38. The zero-order valence-corrected chi connectivity index (χ0v) is 13.0. The molecule has 0 aliphatic carbocycles. The van der Waals surface area contributed by atoms with Crippen molar-refractivity contribution < 1.29 is 9.85 Å². The fourth-order valence-corrected chi connectivity index (χ4v) is 2.54. The number of para-hydroxylation sites is 3. The van der Waals surface area contributed by atoms with Gasteiger partial charge in [0.25, 0.3) is 11.4 Å². The summed E-state index contributed by atoms with van der Waals surface area (Å²) in [5.41, 5.74) is 1.59. The van der Waals surface area contributed by atoms with Gasteiger partial charge >= 0.3 is 0 Å². The van der Waals surface area contributed by atoms with Gasteiger partial charge in [-0.2, -0.15) is 0 Å². The third-order valence-corrected chi connectivity index (χ3v) is 3.65. The number of nitro benzene ring substituents is 2. The number of nitrogens with zero attached hydrogens (tertiary/aromatic N) is 3. The number of hydrogen-bond donors (Lipinski definition) is 0. The van der Waals surface area contributed by atoms with Gasteiger partial charge in [0.15, 0.2) is 0 Å². The Bertz CT molecular complexity index is 911. The van der Waals surface area contributed by atoms with Gasteiger partial charge in [-0.3, -0.25) is 20.2 Å². The Morgan fingerprint density at radius 3 is 1.80 bits per heavy atom. The zero-order valence-electron chi connectivity index (χ0n) is 13.0. The molecule has 3 rings (SSSR count). The van der Waals surface area contributed by atoms with E-state index in [1.165, 1.54) is 18.2 Å². The number of non-ortho nitro benzene ring substituents is 1. The first-order chi connectivity index (χ1) is 12.1.